The number of amides is 6. The monoisotopic (exact) mass is 855 g/mol. The molecule has 62 heavy (non-hydrogen) atoms. The Labute approximate surface area is 353 Å². The quantitative estimate of drug-likeness (QED) is 0.122. The van der Waals surface area contributed by atoms with Gasteiger partial charge in [0.05, 0.1) is 30.8 Å². The highest BCUT2D eigenvalue weighted by Gasteiger charge is 2.39. The van der Waals surface area contributed by atoms with Crippen molar-refractivity contribution in [3.05, 3.63) is 108 Å². The number of nitrogens with one attached hydrogen (secondary N) is 4. The van der Waals surface area contributed by atoms with Gasteiger partial charge in [-0.15, -0.1) is 0 Å². The van der Waals surface area contributed by atoms with Crippen molar-refractivity contribution in [3.8, 4) is 0 Å². The molecular weight excluding hydrogens is 812 g/mol. The number of hydrogen-bond acceptors (Lipinski definition) is 8. The average Bonchev–Trinajstić information content (AvgIpc) is 4.03. The largest absolute Gasteiger partial charge is 0.453 e. The molecular formula is C44H44F3N7O8. The fourth-order valence-electron chi connectivity index (χ4n) is 8.09. The van der Waals surface area contributed by atoms with E-state index < -0.39 is 65.7 Å². The Hall–Kier alpha value is -7.11. The Kier molecular flexibility index (Phi) is 12.7. The number of alkyl halides is 3. The van der Waals surface area contributed by atoms with Crippen molar-refractivity contribution >= 4 is 69.0 Å². The fraction of sp³-hybridized carbons (Fsp3) is 0.318. The number of likely N-dealkylation sites (tertiary alicyclic amines) is 2. The fourth-order valence-corrected chi connectivity index (χ4v) is 8.09. The Balaban J connectivity index is 1.17. The van der Waals surface area contributed by atoms with Crippen molar-refractivity contribution in [2.75, 3.05) is 44.5 Å². The topological polar surface area (TPSA) is 180 Å². The number of benzene rings is 4. The maximum atomic E-state index is 14.0. The number of rotatable bonds is 11. The number of ether oxygens (including phenoxy) is 2. The minimum absolute atomic E-state index is 0.115. The third-order valence-corrected chi connectivity index (χ3v) is 11.1. The van der Waals surface area contributed by atoms with E-state index >= 15 is 0 Å². The first-order valence-corrected chi connectivity index (χ1v) is 19.9. The number of anilines is 2. The zero-order valence-electron chi connectivity index (χ0n) is 33.8. The first-order valence-electron chi connectivity index (χ1n) is 19.9. The summed E-state index contributed by atoms with van der Waals surface area (Å²) >= 11 is 0. The van der Waals surface area contributed by atoms with Crippen LogP contribution < -0.4 is 21.3 Å². The van der Waals surface area contributed by atoms with Gasteiger partial charge in [0, 0.05) is 41.8 Å². The normalized spacial score (nSPS) is 16.8. The highest BCUT2D eigenvalue weighted by molar-refractivity contribution is 6.11. The molecule has 2 aliphatic rings. The zero-order valence-corrected chi connectivity index (χ0v) is 33.8. The molecule has 2 fully saturated rings. The van der Waals surface area contributed by atoms with E-state index in [4.69, 9.17) is 4.74 Å². The number of hydrogen-bond donors (Lipinski definition) is 4. The molecule has 3 heterocycles. The summed E-state index contributed by atoms with van der Waals surface area (Å²) in [6.07, 6.45) is -4.19. The molecule has 0 bridgehead atoms. The molecule has 6 amide bonds. The van der Waals surface area contributed by atoms with Gasteiger partial charge in [-0.25, -0.2) is 9.59 Å². The van der Waals surface area contributed by atoms with Crippen molar-refractivity contribution in [2.24, 2.45) is 0 Å². The Bertz CT molecular complexity index is 2510. The third kappa shape index (κ3) is 9.28. The molecule has 4 N–H and O–H groups in total. The number of carbonyl (C=O) groups excluding carboxylic acids is 6. The number of alkyl carbamates (subject to hydrolysis) is 2. The Morgan fingerprint density at radius 1 is 0.710 bits per heavy atom. The molecule has 0 unspecified atom stereocenters. The van der Waals surface area contributed by atoms with E-state index in [1.165, 1.54) is 36.2 Å². The molecule has 0 spiro atoms. The van der Waals surface area contributed by atoms with Gasteiger partial charge >= 0.3 is 18.4 Å². The average molecular weight is 856 g/mol. The van der Waals surface area contributed by atoms with Crippen LogP contribution in [-0.4, -0.2) is 96.1 Å². The summed E-state index contributed by atoms with van der Waals surface area (Å²) in [7, 11) is 2.37. The lowest BCUT2D eigenvalue weighted by molar-refractivity contribution is -0.138. The van der Waals surface area contributed by atoms with E-state index in [-0.39, 0.29) is 19.6 Å². The van der Waals surface area contributed by atoms with Gasteiger partial charge in [0.25, 0.3) is 5.91 Å². The number of halogens is 3. The van der Waals surface area contributed by atoms with Gasteiger partial charge in [0.2, 0.25) is 17.7 Å². The van der Waals surface area contributed by atoms with Crippen LogP contribution in [0.2, 0.25) is 0 Å². The summed E-state index contributed by atoms with van der Waals surface area (Å²) in [5.41, 5.74) is 2.32. The van der Waals surface area contributed by atoms with Crippen LogP contribution in [0.3, 0.4) is 0 Å². The molecule has 2 aliphatic heterocycles. The predicted octanol–water partition coefficient (Wildman–Crippen LogP) is 6.17. The molecule has 18 heteroatoms. The lowest BCUT2D eigenvalue weighted by Gasteiger charge is -2.28. The summed E-state index contributed by atoms with van der Waals surface area (Å²) in [6.45, 7) is 0.387. The second-order valence-corrected chi connectivity index (χ2v) is 15.0. The van der Waals surface area contributed by atoms with E-state index in [1.807, 2.05) is 10.6 Å². The lowest BCUT2D eigenvalue weighted by atomic mass is 10.0. The van der Waals surface area contributed by atoms with Crippen LogP contribution in [0.5, 0.6) is 0 Å². The van der Waals surface area contributed by atoms with Crippen molar-refractivity contribution in [3.63, 3.8) is 0 Å². The van der Waals surface area contributed by atoms with Gasteiger partial charge in [-0.3, -0.25) is 19.2 Å². The molecule has 4 aromatic carbocycles. The van der Waals surface area contributed by atoms with Crippen molar-refractivity contribution < 1.29 is 51.4 Å². The minimum Gasteiger partial charge on any atom is -0.453 e. The summed E-state index contributed by atoms with van der Waals surface area (Å²) in [5, 5.41) is 12.3. The van der Waals surface area contributed by atoms with Gasteiger partial charge in [-0.05, 0) is 73.2 Å². The van der Waals surface area contributed by atoms with E-state index in [0.717, 1.165) is 22.9 Å². The molecule has 0 radical (unpaired) electrons. The highest BCUT2D eigenvalue weighted by atomic mass is 19.4. The molecule has 15 nitrogen and oxygen atoms in total. The summed E-state index contributed by atoms with van der Waals surface area (Å²) in [5.74, 6) is -1.80. The number of carbonyl (C=O) groups is 6. The molecule has 2 saturated heterocycles. The van der Waals surface area contributed by atoms with Gasteiger partial charge in [-0.1, -0.05) is 54.6 Å². The third-order valence-electron chi connectivity index (χ3n) is 11.1. The molecule has 5 aromatic rings. The van der Waals surface area contributed by atoms with Gasteiger partial charge in [-0.2, -0.15) is 13.2 Å². The number of fused-ring (bicyclic) bond motifs is 3. The maximum Gasteiger partial charge on any atom is 0.416 e. The number of nitrogens with zero attached hydrogens (tertiary/aromatic N) is 3. The molecule has 1 aromatic heterocycles. The van der Waals surface area contributed by atoms with E-state index in [1.54, 1.807) is 60.7 Å². The van der Waals surface area contributed by atoms with Crippen LogP contribution >= 0.6 is 0 Å². The summed E-state index contributed by atoms with van der Waals surface area (Å²) in [6, 6.07) is 21.2. The second-order valence-electron chi connectivity index (χ2n) is 15.0. The Morgan fingerprint density at radius 3 is 1.81 bits per heavy atom. The highest BCUT2D eigenvalue weighted by Crippen LogP contribution is 2.35. The summed E-state index contributed by atoms with van der Waals surface area (Å²) in [4.78, 5) is 81.1. The minimum atomic E-state index is -4.53. The van der Waals surface area contributed by atoms with Crippen LogP contribution in [0, 0.1) is 0 Å². The SMILES string of the molecule is COC(=O)NCC(=O)N1CCC[C@H]1C(=O)Nc1ccc2c3ccc(NC(=O)[C@@H]4CCCN4C(=O)[C@H](NC(=O)OC)c4ccccc4)cc3n(Cc3ccc(C(F)(F)F)cc3)c2c1. The molecule has 3 atom stereocenters. The van der Waals surface area contributed by atoms with Crippen LogP contribution in [0.15, 0.2) is 91.0 Å². The number of aromatic nitrogens is 1. The van der Waals surface area contributed by atoms with Gasteiger partial charge in [0.1, 0.15) is 24.7 Å². The van der Waals surface area contributed by atoms with Gasteiger partial charge < -0.3 is 45.1 Å². The second kappa shape index (κ2) is 18.2. The van der Waals surface area contributed by atoms with Crippen molar-refractivity contribution in [2.45, 2.75) is 56.5 Å². The van der Waals surface area contributed by atoms with E-state index in [9.17, 15) is 41.9 Å². The van der Waals surface area contributed by atoms with E-state index in [2.05, 4.69) is 26.0 Å². The first kappa shape index (κ1) is 43.0. The standard InChI is InChI=1S/C44H44F3N7O8/c1-61-42(59)48-24-37(55)52-20-6-10-33(52)39(56)49-29-16-18-31-32-19-17-30(23-36(32)54(35(31)22-29)25-26-12-14-28(15-13-26)44(45,46)47)50-40(57)34-11-7-21-53(34)41(58)38(51-43(60)62-2)27-8-4-3-5-9-27/h3-5,8-9,12-19,22-23,33-34,38H,6-7,10-11,20-21,24-25H2,1-2H3,(H,48,59)(H,49,56)(H,50,57)(H,51,60)/t33-,34-,38+/m0/s1. The Morgan fingerprint density at radius 2 is 1.26 bits per heavy atom. The molecule has 324 valence electrons. The summed E-state index contributed by atoms with van der Waals surface area (Å²) < 4.78 is 51.6. The first-order chi connectivity index (χ1) is 29.7. The smallest absolute Gasteiger partial charge is 0.416 e. The number of methoxy groups -OCH3 is 2. The van der Waals surface area contributed by atoms with Crippen LogP contribution in [-0.2, 0) is 41.4 Å². The van der Waals surface area contributed by atoms with Crippen LogP contribution in [0.1, 0.15) is 48.4 Å². The lowest BCUT2D eigenvalue weighted by Crippen LogP contribution is -2.48. The predicted molar refractivity (Wildman–Crippen MR) is 222 cm³/mol. The van der Waals surface area contributed by atoms with Crippen molar-refractivity contribution in [1.29, 1.82) is 0 Å². The van der Waals surface area contributed by atoms with E-state index in [0.29, 0.717) is 65.8 Å². The van der Waals surface area contributed by atoms with Crippen LogP contribution in [0.25, 0.3) is 21.8 Å². The molecule has 0 saturated carbocycles. The van der Waals surface area contributed by atoms with Gasteiger partial charge in [0.15, 0.2) is 0 Å². The molecule has 0 aliphatic carbocycles. The van der Waals surface area contributed by atoms with Crippen molar-refractivity contribution in [1.82, 2.24) is 25.0 Å². The zero-order chi connectivity index (χ0) is 44.1. The molecule has 7 rings (SSSR count). The maximum absolute atomic E-state index is 14.0. The van der Waals surface area contributed by atoms with Crippen LogP contribution in [0.4, 0.5) is 34.1 Å².